The van der Waals surface area contributed by atoms with Crippen LogP contribution in [-0.2, 0) is 0 Å². The van der Waals surface area contributed by atoms with E-state index in [9.17, 15) is 0 Å². The number of anilines is 1. The predicted octanol–water partition coefficient (Wildman–Crippen LogP) is 4.36. The van der Waals surface area contributed by atoms with Crippen LogP contribution in [0, 0.1) is 0 Å². The summed E-state index contributed by atoms with van der Waals surface area (Å²) in [5.74, 6) is 0.540. The van der Waals surface area contributed by atoms with Crippen LogP contribution in [0.2, 0.25) is 0 Å². The average Bonchev–Trinajstić information content (AvgIpc) is 3.17. The van der Waals surface area contributed by atoms with Crippen LogP contribution in [-0.4, -0.2) is 10.2 Å². The fourth-order valence-electron chi connectivity index (χ4n) is 2.11. The van der Waals surface area contributed by atoms with Gasteiger partial charge in [-0.3, -0.25) is 0 Å². The number of aromatic nitrogens is 2. The third-order valence-corrected chi connectivity index (χ3v) is 4.09. The molecule has 3 aromatic rings. The monoisotopic (exact) mass is 285 g/mol. The summed E-state index contributed by atoms with van der Waals surface area (Å²) in [7, 11) is 0. The molecule has 0 saturated carbocycles. The number of hydrogen-bond donors (Lipinski definition) is 1. The van der Waals surface area contributed by atoms with Crippen LogP contribution in [0.25, 0.3) is 11.5 Å². The molecular weight excluding hydrogens is 270 g/mol. The van der Waals surface area contributed by atoms with E-state index in [1.165, 1.54) is 11.3 Å². The topological polar surface area (TPSA) is 51.0 Å². The number of benzene rings is 1. The van der Waals surface area contributed by atoms with Crippen molar-refractivity contribution in [1.82, 2.24) is 10.2 Å². The Labute approximate surface area is 121 Å². The van der Waals surface area contributed by atoms with Crippen molar-refractivity contribution in [2.24, 2.45) is 0 Å². The Morgan fingerprint density at radius 3 is 2.95 bits per heavy atom. The molecule has 0 radical (unpaired) electrons. The van der Waals surface area contributed by atoms with E-state index in [0.717, 1.165) is 17.7 Å². The number of nitrogens with zero attached hydrogens (tertiary/aromatic N) is 2. The van der Waals surface area contributed by atoms with Crippen molar-refractivity contribution in [1.29, 1.82) is 0 Å². The van der Waals surface area contributed by atoms with Gasteiger partial charge in [-0.1, -0.05) is 19.1 Å². The summed E-state index contributed by atoms with van der Waals surface area (Å²) in [5, 5.41) is 13.3. The fraction of sp³-hybridized carbons (Fsp3) is 0.200. The van der Waals surface area contributed by atoms with Crippen LogP contribution in [0.3, 0.4) is 0 Å². The largest absolute Gasteiger partial charge is 0.423 e. The first-order chi connectivity index (χ1) is 9.86. The number of rotatable bonds is 5. The highest BCUT2D eigenvalue weighted by Crippen LogP contribution is 2.28. The Bertz CT molecular complexity index is 650. The molecule has 5 heteroatoms. The lowest BCUT2D eigenvalue weighted by atomic mass is 10.1. The molecule has 1 atom stereocenters. The number of nitrogens with one attached hydrogen (secondary N) is 1. The van der Waals surface area contributed by atoms with E-state index < -0.39 is 0 Å². The van der Waals surface area contributed by atoms with Crippen LogP contribution in [0.1, 0.15) is 24.3 Å². The lowest BCUT2D eigenvalue weighted by Gasteiger charge is -2.17. The standard InChI is InChI=1S/C15H15N3OS/c1-2-13(14-7-4-8-20-14)17-12-6-3-5-11(9-12)15-18-16-10-19-15/h3-10,13,17H,2H2,1H3. The molecule has 4 nitrogen and oxygen atoms in total. The van der Waals surface area contributed by atoms with E-state index in [-0.39, 0.29) is 0 Å². The van der Waals surface area contributed by atoms with Crippen molar-refractivity contribution in [3.05, 3.63) is 53.0 Å². The van der Waals surface area contributed by atoms with Gasteiger partial charge in [0.1, 0.15) is 0 Å². The van der Waals surface area contributed by atoms with Gasteiger partial charge in [-0.05, 0) is 36.1 Å². The van der Waals surface area contributed by atoms with E-state index in [1.807, 2.05) is 18.2 Å². The minimum absolute atomic E-state index is 0.327. The Balaban J connectivity index is 1.82. The van der Waals surface area contributed by atoms with E-state index in [0.29, 0.717) is 11.9 Å². The smallest absolute Gasteiger partial charge is 0.247 e. The molecule has 0 amide bonds. The molecule has 1 aromatic carbocycles. The second-order valence-corrected chi connectivity index (χ2v) is 5.42. The highest BCUT2D eigenvalue weighted by molar-refractivity contribution is 7.10. The summed E-state index contributed by atoms with van der Waals surface area (Å²) in [5.41, 5.74) is 1.98. The Hall–Kier alpha value is -2.14. The fourth-order valence-corrected chi connectivity index (χ4v) is 2.97. The Kier molecular flexibility index (Phi) is 3.78. The number of hydrogen-bond acceptors (Lipinski definition) is 5. The van der Waals surface area contributed by atoms with Crippen molar-refractivity contribution in [3.8, 4) is 11.5 Å². The third kappa shape index (κ3) is 2.72. The molecule has 0 fully saturated rings. The molecule has 2 aromatic heterocycles. The second-order valence-electron chi connectivity index (χ2n) is 4.45. The lowest BCUT2D eigenvalue weighted by molar-refractivity contribution is 0.568. The molecule has 0 aliphatic carbocycles. The third-order valence-electron chi connectivity index (χ3n) is 3.11. The maximum Gasteiger partial charge on any atom is 0.247 e. The predicted molar refractivity (Wildman–Crippen MR) is 80.7 cm³/mol. The van der Waals surface area contributed by atoms with Crippen LogP contribution in [0.15, 0.2) is 52.6 Å². The van der Waals surface area contributed by atoms with Gasteiger partial charge >= 0.3 is 0 Å². The summed E-state index contributed by atoms with van der Waals surface area (Å²) >= 11 is 1.77. The molecule has 0 saturated heterocycles. The summed E-state index contributed by atoms with van der Waals surface area (Å²) in [4.78, 5) is 1.34. The van der Waals surface area contributed by atoms with Crippen molar-refractivity contribution in [3.63, 3.8) is 0 Å². The first kappa shape index (κ1) is 12.9. The van der Waals surface area contributed by atoms with Crippen LogP contribution in [0.4, 0.5) is 5.69 Å². The first-order valence-corrected chi connectivity index (χ1v) is 7.41. The summed E-state index contributed by atoms with van der Waals surface area (Å²) in [6.07, 6.45) is 2.38. The zero-order valence-electron chi connectivity index (χ0n) is 11.1. The number of thiophene rings is 1. The van der Waals surface area contributed by atoms with E-state index in [2.05, 4.69) is 46.0 Å². The van der Waals surface area contributed by atoms with Gasteiger partial charge in [-0.15, -0.1) is 21.5 Å². The highest BCUT2D eigenvalue weighted by atomic mass is 32.1. The zero-order chi connectivity index (χ0) is 13.8. The molecule has 1 unspecified atom stereocenters. The van der Waals surface area contributed by atoms with Gasteiger partial charge in [-0.25, -0.2) is 0 Å². The molecular formula is C15H15N3OS. The first-order valence-electron chi connectivity index (χ1n) is 6.53. The van der Waals surface area contributed by atoms with Gasteiger partial charge in [0.05, 0.1) is 6.04 Å². The van der Waals surface area contributed by atoms with Gasteiger partial charge < -0.3 is 9.73 Å². The van der Waals surface area contributed by atoms with Gasteiger partial charge in [0.25, 0.3) is 0 Å². The summed E-state index contributed by atoms with van der Waals surface area (Å²) in [6, 6.07) is 12.6. The molecule has 0 aliphatic rings. The van der Waals surface area contributed by atoms with Crippen LogP contribution in [0.5, 0.6) is 0 Å². The summed E-state index contributed by atoms with van der Waals surface area (Å²) in [6.45, 7) is 2.18. The quantitative estimate of drug-likeness (QED) is 0.756. The molecule has 0 aliphatic heterocycles. The lowest BCUT2D eigenvalue weighted by Crippen LogP contribution is -2.07. The second kappa shape index (κ2) is 5.88. The van der Waals surface area contributed by atoms with Gasteiger partial charge in [0.2, 0.25) is 12.3 Å². The molecule has 20 heavy (non-hydrogen) atoms. The normalized spacial score (nSPS) is 12.2. The van der Waals surface area contributed by atoms with Crippen molar-refractivity contribution in [2.75, 3.05) is 5.32 Å². The van der Waals surface area contributed by atoms with Gasteiger partial charge in [0, 0.05) is 16.1 Å². The minimum atomic E-state index is 0.327. The Morgan fingerprint density at radius 2 is 2.25 bits per heavy atom. The van der Waals surface area contributed by atoms with Crippen molar-refractivity contribution in [2.45, 2.75) is 19.4 Å². The molecule has 3 rings (SSSR count). The van der Waals surface area contributed by atoms with E-state index >= 15 is 0 Å². The van der Waals surface area contributed by atoms with Gasteiger partial charge in [0.15, 0.2) is 0 Å². The zero-order valence-corrected chi connectivity index (χ0v) is 11.9. The van der Waals surface area contributed by atoms with Crippen LogP contribution >= 0.6 is 11.3 Å². The van der Waals surface area contributed by atoms with E-state index in [4.69, 9.17) is 4.42 Å². The molecule has 102 valence electrons. The maximum atomic E-state index is 5.23. The molecule has 1 N–H and O–H groups in total. The van der Waals surface area contributed by atoms with Crippen LogP contribution < -0.4 is 5.32 Å². The molecule has 0 spiro atoms. The average molecular weight is 285 g/mol. The SMILES string of the molecule is CCC(Nc1cccc(-c2nnco2)c1)c1cccs1. The highest BCUT2D eigenvalue weighted by Gasteiger charge is 2.11. The minimum Gasteiger partial charge on any atom is -0.423 e. The van der Waals surface area contributed by atoms with E-state index in [1.54, 1.807) is 11.3 Å². The Morgan fingerprint density at radius 1 is 1.30 bits per heavy atom. The molecule has 0 bridgehead atoms. The maximum absolute atomic E-state index is 5.23. The van der Waals surface area contributed by atoms with Crippen molar-refractivity contribution >= 4 is 17.0 Å². The van der Waals surface area contributed by atoms with Gasteiger partial charge in [-0.2, -0.15) is 0 Å². The van der Waals surface area contributed by atoms with Crippen molar-refractivity contribution < 1.29 is 4.42 Å². The molecule has 2 heterocycles. The summed E-state index contributed by atoms with van der Waals surface area (Å²) < 4.78 is 5.23.